The first-order chi connectivity index (χ1) is 14.4. The molecule has 4 rings (SSSR count). The molecular formula is C23H20ClN3O2S. The predicted octanol–water partition coefficient (Wildman–Crippen LogP) is 4.96. The van der Waals surface area contributed by atoms with E-state index < -0.39 is 0 Å². The van der Waals surface area contributed by atoms with Gasteiger partial charge in [0.25, 0.3) is 5.56 Å². The Labute approximate surface area is 183 Å². The number of aryl methyl sites for hydroxylation is 1. The van der Waals surface area contributed by atoms with Crippen LogP contribution in [0.5, 0.6) is 0 Å². The molecule has 1 amide bonds. The molecule has 5 nitrogen and oxygen atoms in total. The Kier molecular flexibility index (Phi) is 5.70. The van der Waals surface area contributed by atoms with Crippen LogP contribution >= 0.6 is 22.9 Å². The van der Waals surface area contributed by atoms with Crippen molar-refractivity contribution < 1.29 is 4.79 Å². The molecule has 1 N–H and O–H groups in total. The Balaban J connectivity index is 1.58. The standard InChI is InChI=1S/C23H20ClN3O2S/c1-14-3-5-17(6-4-14)19-12-30-22-21(19)23(29)27(13-25-22)11-20(28)26-15(2)16-7-9-18(24)10-8-16/h3-10,12-13,15H,11H2,1-2H3,(H,26,28). The van der Waals surface area contributed by atoms with Crippen molar-refractivity contribution in [3.63, 3.8) is 0 Å². The lowest BCUT2D eigenvalue weighted by molar-refractivity contribution is -0.122. The van der Waals surface area contributed by atoms with Crippen LogP contribution in [-0.4, -0.2) is 15.5 Å². The molecule has 0 aliphatic carbocycles. The molecule has 2 aromatic carbocycles. The van der Waals surface area contributed by atoms with Gasteiger partial charge in [-0.15, -0.1) is 11.3 Å². The lowest BCUT2D eigenvalue weighted by Gasteiger charge is -2.15. The highest BCUT2D eigenvalue weighted by Crippen LogP contribution is 2.30. The van der Waals surface area contributed by atoms with Crippen molar-refractivity contribution in [3.8, 4) is 11.1 Å². The summed E-state index contributed by atoms with van der Waals surface area (Å²) in [7, 11) is 0. The van der Waals surface area contributed by atoms with Crippen molar-refractivity contribution >= 4 is 39.1 Å². The lowest BCUT2D eigenvalue weighted by Crippen LogP contribution is -2.33. The van der Waals surface area contributed by atoms with E-state index in [0.717, 1.165) is 22.3 Å². The molecule has 0 bridgehead atoms. The molecular weight excluding hydrogens is 418 g/mol. The summed E-state index contributed by atoms with van der Waals surface area (Å²) < 4.78 is 1.36. The molecule has 0 aliphatic heterocycles. The summed E-state index contributed by atoms with van der Waals surface area (Å²) in [4.78, 5) is 30.7. The molecule has 4 aromatic rings. The molecule has 7 heteroatoms. The molecule has 152 valence electrons. The predicted molar refractivity (Wildman–Crippen MR) is 122 cm³/mol. The number of amides is 1. The highest BCUT2D eigenvalue weighted by atomic mass is 35.5. The van der Waals surface area contributed by atoms with Gasteiger partial charge in [0.1, 0.15) is 11.4 Å². The van der Waals surface area contributed by atoms with E-state index in [4.69, 9.17) is 11.6 Å². The number of carbonyl (C=O) groups excluding carboxylic acids is 1. The highest BCUT2D eigenvalue weighted by Gasteiger charge is 2.16. The minimum absolute atomic E-state index is 0.0944. The number of hydrogen-bond donors (Lipinski definition) is 1. The van der Waals surface area contributed by atoms with E-state index in [-0.39, 0.29) is 24.1 Å². The van der Waals surface area contributed by atoms with Crippen LogP contribution in [0.2, 0.25) is 5.02 Å². The quantitative estimate of drug-likeness (QED) is 0.479. The highest BCUT2D eigenvalue weighted by molar-refractivity contribution is 7.17. The molecule has 2 aromatic heterocycles. The number of aromatic nitrogens is 2. The lowest BCUT2D eigenvalue weighted by atomic mass is 10.1. The van der Waals surface area contributed by atoms with Crippen molar-refractivity contribution in [2.75, 3.05) is 0 Å². The molecule has 0 radical (unpaired) electrons. The normalized spacial score (nSPS) is 12.1. The summed E-state index contributed by atoms with van der Waals surface area (Å²) in [6.45, 7) is 3.82. The Morgan fingerprint density at radius 2 is 1.87 bits per heavy atom. The van der Waals surface area contributed by atoms with E-state index in [1.807, 2.05) is 55.6 Å². The molecule has 0 fully saturated rings. The molecule has 0 aliphatic rings. The molecule has 0 saturated heterocycles. The third kappa shape index (κ3) is 4.15. The average Bonchev–Trinajstić information content (AvgIpc) is 3.16. The van der Waals surface area contributed by atoms with E-state index in [0.29, 0.717) is 15.2 Å². The summed E-state index contributed by atoms with van der Waals surface area (Å²) in [6.07, 6.45) is 1.44. The third-order valence-corrected chi connectivity index (χ3v) is 6.12. The number of fused-ring (bicyclic) bond motifs is 1. The van der Waals surface area contributed by atoms with Gasteiger partial charge in [-0.2, -0.15) is 0 Å². The van der Waals surface area contributed by atoms with Crippen LogP contribution < -0.4 is 10.9 Å². The number of halogens is 1. The van der Waals surface area contributed by atoms with E-state index >= 15 is 0 Å². The second-order valence-electron chi connectivity index (χ2n) is 7.21. The van der Waals surface area contributed by atoms with Crippen LogP contribution in [-0.2, 0) is 11.3 Å². The van der Waals surface area contributed by atoms with Crippen LogP contribution in [0.25, 0.3) is 21.3 Å². The smallest absolute Gasteiger partial charge is 0.263 e. The first-order valence-electron chi connectivity index (χ1n) is 9.51. The average molecular weight is 438 g/mol. The first kappa shape index (κ1) is 20.3. The van der Waals surface area contributed by atoms with Crippen LogP contribution in [0.15, 0.2) is 65.0 Å². The molecule has 1 unspecified atom stereocenters. The zero-order chi connectivity index (χ0) is 21.3. The van der Waals surface area contributed by atoms with Crippen LogP contribution in [0.4, 0.5) is 0 Å². The molecule has 0 spiro atoms. The van der Waals surface area contributed by atoms with E-state index in [1.165, 1.54) is 22.2 Å². The molecule has 0 saturated carbocycles. The summed E-state index contributed by atoms with van der Waals surface area (Å²) in [6, 6.07) is 15.1. The summed E-state index contributed by atoms with van der Waals surface area (Å²) >= 11 is 7.35. The topological polar surface area (TPSA) is 64.0 Å². The number of rotatable bonds is 5. The fourth-order valence-electron chi connectivity index (χ4n) is 3.30. The Bertz CT molecular complexity index is 1260. The maximum absolute atomic E-state index is 13.1. The number of carbonyl (C=O) groups is 1. The second kappa shape index (κ2) is 8.42. The van der Waals surface area contributed by atoms with Gasteiger partial charge in [-0.25, -0.2) is 4.98 Å². The Morgan fingerprint density at radius 3 is 2.57 bits per heavy atom. The largest absolute Gasteiger partial charge is 0.348 e. The second-order valence-corrected chi connectivity index (χ2v) is 8.51. The van der Waals surface area contributed by atoms with Crippen molar-refractivity contribution in [2.24, 2.45) is 0 Å². The number of hydrogen-bond acceptors (Lipinski definition) is 4. The van der Waals surface area contributed by atoms with E-state index in [2.05, 4.69) is 10.3 Å². The third-order valence-electron chi connectivity index (χ3n) is 4.98. The minimum atomic E-state index is -0.257. The minimum Gasteiger partial charge on any atom is -0.348 e. The number of nitrogens with zero attached hydrogens (tertiary/aromatic N) is 2. The fraction of sp³-hybridized carbons (Fsp3) is 0.174. The van der Waals surface area contributed by atoms with E-state index in [9.17, 15) is 9.59 Å². The van der Waals surface area contributed by atoms with Gasteiger partial charge >= 0.3 is 0 Å². The van der Waals surface area contributed by atoms with Gasteiger partial charge < -0.3 is 5.32 Å². The van der Waals surface area contributed by atoms with Gasteiger partial charge in [-0.3, -0.25) is 14.2 Å². The van der Waals surface area contributed by atoms with Crippen molar-refractivity contribution in [1.82, 2.24) is 14.9 Å². The number of benzene rings is 2. The summed E-state index contributed by atoms with van der Waals surface area (Å²) in [5.74, 6) is -0.257. The zero-order valence-corrected chi connectivity index (χ0v) is 18.1. The first-order valence-corrected chi connectivity index (χ1v) is 10.8. The Hall–Kier alpha value is -2.96. The van der Waals surface area contributed by atoms with Gasteiger partial charge in [0.2, 0.25) is 5.91 Å². The zero-order valence-electron chi connectivity index (χ0n) is 16.6. The summed E-state index contributed by atoms with van der Waals surface area (Å²) in [5.41, 5.74) is 3.68. The van der Waals surface area contributed by atoms with Gasteiger partial charge in [0, 0.05) is 16.0 Å². The summed E-state index contributed by atoms with van der Waals surface area (Å²) in [5, 5.41) is 6.05. The van der Waals surface area contributed by atoms with Crippen LogP contribution in [0, 0.1) is 6.92 Å². The van der Waals surface area contributed by atoms with Crippen molar-refractivity contribution in [3.05, 3.63) is 86.7 Å². The number of thiophene rings is 1. The maximum atomic E-state index is 13.1. The molecule has 2 heterocycles. The van der Waals surface area contributed by atoms with Crippen LogP contribution in [0.3, 0.4) is 0 Å². The fourth-order valence-corrected chi connectivity index (χ4v) is 4.33. The Morgan fingerprint density at radius 1 is 1.17 bits per heavy atom. The van der Waals surface area contributed by atoms with Crippen molar-refractivity contribution in [1.29, 1.82) is 0 Å². The van der Waals surface area contributed by atoms with Gasteiger partial charge in [0.15, 0.2) is 0 Å². The number of nitrogens with one attached hydrogen (secondary N) is 1. The molecule has 1 atom stereocenters. The van der Waals surface area contributed by atoms with Crippen molar-refractivity contribution in [2.45, 2.75) is 26.4 Å². The monoisotopic (exact) mass is 437 g/mol. The van der Waals surface area contributed by atoms with Gasteiger partial charge in [-0.05, 0) is 37.1 Å². The molecule has 30 heavy (non-hydrogen) atoms. The van der Waals surface area contributed by atoms with Crippen LogP contribution in [0.1, 0.15) is 24.1 Å². The van der Waals surface area contributed by atoms with Gasteiger partial charge in [-0.1, -0.05) is 53.6 Å². The van der Waals surface area contributed by atoms with E-state index in [1.54, 1.807) is 12.1 Å². The maximum Gasteiger partial charge on any atom is 0.263 e. The SMILES string of the molecule is Cc1ccc(-c2csc3ncn(CC(=O)NC(C)c4ccc(Cl)cc4)c(=O)c23)cc1. The van der Waals surface area contributed by atoms with Gasteiger partial charge in [0.05, 0.1) is 17.8 Å².